The standard InChI is InChI=1S/C29H37N9O/c1-21-19-24-26(28(35(2)33-24)22-7-5-4-6-8-22)27-23(21)20-30-29(32-27)31-25-9-10-38(34-25)16-15-36-11-13-37(14-12-36)17-18-39-3/h4-10,20-21H,11-19H2,1-3H3,(H,30,31,32,34). The number of ether oxygens (including phenoxy) is 1. The summed E-state index contributed by atoms with van der Waals surface area (Å²) in [5, 5.41) is 13.0. The Bertz CT molecular complexity index is 1410. The Morgan fingerprint density at radius 1 is 0.974 bits per heavy atom. The van der Waals surface area contributed by atoms with Crippen molar-refractivity contribution in [2.24, 2.45) is 7.05 Å². The van der Waals surface area contributed by atoms with E-state index in [4.69, 9.17) is 19.9 Å². The minimum absolute atomic E-state index is 0.307. The van der Waals surface area contributed by atoms with Gasteiger partial charge in [-0.2, -0.15) is 10.2 Å². The molecule has 3 aromatic heterocycles. The van der Waals surface area contributed by atoms with Crippen LogP contribution < -0.4 is 5.32 Å². The first-order chi connectivity index (χ1) is 19.1. The van der Waals surface area contributed by atoms with Gasteiger partial charge in [0.1, 0.15) is 0 Å². The van der Waals surface area contributed by atoms with Crippen molar-refractivity contribution in [2.45, 2.75) is 25.8 Å². The van der Waals surface area contributed by atoms with Crippen molar-refractivity contribution in [3.63, 3.8) is 0 Å². The number of aryl methyl sites for hydroxylation is 1. The van der Waals surface area contributed by atoms with Crippen LogP contribution in [0.2, 0.25) is 0 Å². The van der Waals surface area contributed by atoms with E-state index in [-0.39, 0.29) is 0 Å². The number of anilines is 2. The Morgan fingerprint density at radius 3 is 2.51 bits per heavy atom. The first-order valence-corrected chi connectivity index (χ1v) is 13.8. The molecule has 0 spiro atoms. The van der Waals surface area contributed by atoms with E-state index >= 15 is 0 Å². The van der Waals surface area contributed by atoms with Gasteiger partial charge >= 0.3 is 0 Å². The molecule has 1 aromatic carbocycles. The summed E-state index contributed by atoms with van der Waals surface area (Å²) in [7, 11) is 3.78. The van der Waals surface area contributed by atoms with Gasteiger partial charge in [-0.25, -0.2) is 9.97 Å². The van der Waals surface area contributed by atoms with Crippen LogP contribution in [0, 0.1) is 0 Å². The fourth-order valence-corrected chi connectivity index (χ4v) is 5.68. The van der Waals surface area contributed by atoms with Crippen LogP contribution in [0.15, 0.2) is 48.8 Å². The zero-order valence-electron chi connectivity index (χ0n) is 23.0. The van der Waals surface area contributed by atoms with Crippen molar-refractivity contribution in [1.82, 2.24) is 39.3 Å². The van der Waals surface area contributed by atoms with Crippen LogP contribution in [0.3, 0.4) is 0 Å². The van der Waals surface area contributed by atoms with E-state index in [0.717, 1.165) is 98.4 Å². The van der Waals surface area contributed by atoms with Crippen molar-refractivity contribution < 1.29 is 4.74 Å². The summed E-state index contributed by atoms with van der Waals surface area (Å²) < 4.78 is 9.19. The summed E-state index contributed by atoms with van der Waals surface area (Å²) in [4.78, 5) is 14.6. The Kier molecular flexibility index (Phi) is 7.40. The molecule has 0 radical (unpaired) electrons. The third-order valence-corrected chi connectivity index (χ3v) is 7.85. The fourth-order valence-electron chi connectivity index (χ4n) is 5.68. The summed E-state index contributed by atoms with van der Waals surface area (Å²) in [6.45, 7) is 10.2. The second-order valence-electron chi connectivity index (χ2n) is 10.5. The van der Waals surface area contributed by atoms with E-state index < -0.39 is 0 Å². The van der Waals surface area contributed by atoms with Crippen molar-refractivity contribution in [2.75, 3.05) is 58.3 Å². The van der Waals surface area contributed by atoms with Gasteiger partial charge in [0.05, 0.1) is 30.2 Å². The van der Waals surface area contributed by atoms with E-state index in [9.17, 15) is 0 Å². The summed E-state index contributed by atoms with van der Waals surface area (Å²) in [5.41, 5.74) is 6.54. The second kappa shape index (κ2) is 11.3. The largest absolute Gasteiger partial charge is 0.383 e. The predicted molar refractivity (Wildman–Crippen MR) is 152 cm³/mol. The lowest BCUT2D eigenvalue weighted by molar-refractivity contribution is 0.0948. The first-order valence-electron chi connectivity index (χ1n) is 13.8. The number of benzene rings is 1. The van der Waals surface area contributed by atoms with Gasteiger partial charge in [0, 0.05) is 88.6 Å². The molecule has 1 atom stereocenters. The topological polar surface area (TPSA) is 89.2 Å². The monoisotopic (exact) mass is 527 g/mol. The van der Waals surface area contributed by atoms with Crippen LogP contribution in [0.25, 0.3) is 22.5 Å². The highest BCUT2D eigenvalue weighted by Gasteiger charge is 2.30. The second-order valence-corrected chi connectivity index (χ2v) is 10.5. The number of hydrogen-bond donors (Lipinski definition) is 1. The van der Waals surface area contributed by atoms with Crippen molar-refractivity contribution in [3.8, 4) is 22.5 Å². The SMILES string of the molecule is COCCN1CCN(CCn2ccc(Nc3ncc4c(n3)-c3c(nn(C)c3-c3ccccc3)CC4C)n2)CC1. The predicted octanol–water partition coefficient (Wildman–Crippen LogP) is 3.41. The number of fused-ring (bicyclic) bond motifs is 3. The maximum atomic E-state index is 5.21. The van der Waals surface area contributed by atoms with Gasteiger partial charge in [0.2, 0.25) is 5.95 Å². The molecule has 0 amide bonds. The Balaban J connectivity index is 1.15. The average Bonchev–Trinajstić information content (AvgIpc) is 3.54. The molecule has 1 aliphatic carbocycles. The Labute approximate surface area is 229 Å². The molecule has 0 bridgehead atoms. The Hall–Kier alpha value is -3.60. The van der Waals surface area contributed by atoms with E-state index in [1.807, 2.05) is 40.9 Å². The maximum Gasteiger partial charge on any atom is 0.228 e. The molecule has 10 heteroatoms. The highest BCUT2D eigenvalue weighted by Crippen LogP contribution is 2.43. The number of nitrogens with one attached hydrogen (secondary N) is 1. The van der Waals surface area contributed by atoms with Gasteiger partial charge in [-0.3, -0.25) is 19.2 Å². The number of rotatable bonds is 9. The Morgan fingerprint density at radius 2 is 1.74 bits per heavy atom. The van der Waals surface area contributed by atoms with Gasteiger partial charge in [0.15, 0.2) is 5.82 Å². The molecule has 39 heavy (non-hydrogen) atoms. The zero-order chi connectivity index (χ0) is 26.8. The molecule has 1 unspecified atom stereocenters. The molecule has 10 nitrogen and oxygen atoms in total. The molecule has 1 N–H and O–H groups in total. The molecule has 6 rings (SSSR count). The third-order valence-electron chi connectivity index (χ3n) is 7.85. The van der Waals surface area contributed by atoms with Crippen LogP contribution >= 0.6 is 0 Å². The quantitative estimate of drug-likeness (QED) is 0.354. The maximum absolute atomic E-state index is 5.21. The summed E-state index contributed by atoms with van der Waals surface area (Å²) in [6.07, 6.45) is 4.86. The minimum atomic E-state index is 0.307. The van der Waals surface area contributed by atoms with Gasteiger partial charge < -0.3 is 10.1 Å². The molecular weight excluding hydrogens is 490 g/mol. The lowest BCUT2D eigenvalue weighted by Gasteiger charge is -2.34. The number of methoxy groups -OCH3 is 1. The van der Waals surface area contributed by atoms with E-state index in [2.05, 4.69) is 51.3 Å². The normalized spacial score (nSPS) is 17.7. The van der Waals surface area contributed by atoms with Gasteiger partial charge in [0.25, 0.3) is 0 Å². The van der Waals surface area contributed by atoms with E-state index in [0.29, 0.717) is 11.9 Å². The molecule has 1 saturated heterocycles. The van der Waals surface area contributed by atoms with Crippen LogP contribution in [0.4, 0.5) is 11.8 Å². The number of piperazine rings is 1. The highest BCUT2D eigenvalue weighted by atomic mass is 16.5. The molecule has 2 aliphatic rings. The lowest BCUT2D eigenvalue weighted by atomic mass is 9.85. The fraction of sp³-hybridized carbons (Fsp3) is 0.448. The first kappa shape index (κ1) is 25.7. The van der Waals surface area contributed by atoms with Gasteiger partial charge in [-0.05, 0) is 12.3 Å². The van der Waals surface area contributed by atoms with E-state index in [1.54, 1.807) is 7.11 Å². The number of nitrogens with zero attached hydrogens (tertiary/aromatic N) is 8. The van der Waals surface area contributed by atoms with Crippen molar-refractivity contribution >= 4 is 11.8 Å². The van der Waals surface area contributed by atoms with Gasteiger partial charge in [-0.15, -0.1) is 0 Å². The number of aromatic nitrogens is 6. The smallest absolute Gasteiger partial charge is 0.228 e. The van der Waals surface area contributed by atoms with Crippen LogP contribution in [-0.2, 0) is 24.8 Å². The summed E-state index contributed by atoms with van der Waals surface area (Å²) in [5.74, 6) is 1.60. The summed E-state index contributed by atoms with van der Waals surface area (Å²) >= 11 is 0. The highest BCUT2D eigenvalue weighted by molar-refractivity contribution is 5.84. The molecule has 1 fully saturated rings. The number of hydrogen-bond acceptors (Lipinski definition) is 8. The summed E-state index contributed by atoms with van der Waals surface area (Å²) in [6, 6.07) is 12.4. The van der Waals surface area contributed by atoms with Crippen molar-refractivity contribution in [1.29, 1.82) is 0 Å². The molecule has 1 aliphatic heterocycles. The van der Waals surface area contributed by atoms with E-state index in [1.165, 1.54) is 0 Å². The van der Waals surface area contributed by atoms with Crippen LogP contribution in [0.5, 0.6) is 0 Å². The van der Waals surface area contributed by atoms with Gasteiger partial charge in [-0.1, -0.05) is 37.3 Å². The lowest BCUT2D eigenvalue weighted by Crippen LogP contribution is -2.47. The zero-order valence-corrected chi connectivity index (χ0v) is 23.0. The third kappa shape index (κ3) is 5.45. The average molecular weight is 528 g/mol. The molecule has 204 valence electrons. The molecule has 4 heterocycles. The molecule has 0 saturated carbocycles. The molecule has 4 aromatic rings. The van der Waals surface area contributed by atoms with Crippen LogP contribution in [0.1, 0.15) is 24.1 Å². The van der Waals surface area contributed by atoms with Crippen molar-refractivity contribution in [3.05, 3.63) is 60.0 Å². The van der Waals surface area contributed by atoms with Crippen LogP contribution in [-0.4, -0.2) is 92.3 Å². The molecular formula is C29H37N9O. The minimum Gasteiger partial charge on any atom is -0.383 e.